The predicted molar refractivity (Wildman–Crippen MR) is 62.5 cm³/mol. The molecular formula is C11H15NO3S. The van der Waals surface area contributed by atoms with Gasteiger partial charge in [0.15, 0.2) is 0 Å². The number of nitrogens with zero attached hydrogens (tertiary/aromatic N) is 1. The molecule has 2 heterocycles. The summed E-state index contributed by atoms with van der Waals surface area (Å²) < 4.78 is 5.29. The van der Waals surface area contributed by atoms with Crippen molar-refractivity contribution in [1.29, 1.82) is 0 Å². The standard InChI is InChI=1S/C11H15NO3S/c13-11(14)6-9-8-16-5-3-12(9)7-10-2-1-4-15-10/h1-2,4,9H,3,5-8H2,(H,13,14). The molecule has 0 spiro atoms. The molecule has 0 aromatic carbocycles. The summed E-state index contributed by atoms with van der Waals surface area (Å²) in [6.07, 6.45) is 1.87. The third kappa shape index (κ3) is 3.02. The van der Waals surface area contributed by atoms with Gasteiger partial charge in [0.05, 0.1) is 19.2 Å². The number of hydrogen-bond acceptors (Lipinski definition) is 4. The van der Waals surface area contributed by atoms with Crippen LogP contribution >= 0.6 is 11.8 Å². The number of hydrogen-bond donors (Lipinski definition) is 1. The van der Waals surface area contributed by atoms with Gasteiger partial charge in [0.2, 0.25) is 0 Å². The summed E-state index contributed by atoms with van der Waals surface area (Å²) in [5, 5.41) is 8.85. The Hall–Kier alpha value is -0.940. The first-order valence-electron chi connectivity index (χ1n) is 5.31. The zero-order valence-corrected chi connectivity index (χ0v) is 9.78. The summed E-state index contributed by atoms with van der Waals surface area (Å²) in [5.74, 6) is 2.14. The molecule has 88 valence electrons. The molecule has 0 saturated carbocycles. The maximum atomic E-state index is 10.8. The second-order valence-electron chi connectivity index (χ2n) is 3.88. The largest absolute Gasteiger partial charge is 0.481 e. The van der Waals surface area contributed by atoms with Crippen LogP contribution < -0.4 is 0 Å². The second kappa shape index (κ2) is 5.41. The lowest BCUT2D eigenvalue weighted by molar-refractivity contribution is -0.138. The Bertz CT molecular complexity index is 339. The molecule has 1 fully saturated rings. The van der Waals surface area contributed by atoms with Gasteiger partial charge in [0, 0.05) is 24.1 Å². The molecule has 1 atom stereocenters. The first-order chi connectivity index (χ1) is 7.75. The van der Waals surface area contributed by atoms with E-state index < -0.39 is 5.97 Å². The van der Waals surface area contributed by atoms with Gasteiger partial charge in [0.25, 0.3) is 0 Å². The lowest BCUT2D eigenvalue weighted by Crippen LogP contribution is -2.42. The third-order valence-electron chi connectivity index (χ3n) is 2.70. The third-order valence-corrected chi connectivity index (χ3v) is 3.79. The Morgan fingerprint density at radius 3 is 3.25 bits per heavy atom. The zero-order valence-electron chi connectivity index (χ0n) is 8.96. The number of rotatable bonds is 4. The quantitative estimate of drug-likeness (QED) is 0.869. The molecule has 5 heteroatoms. The molecule has 1 N–H and O–H groups in total. The van der Waals surface area contributed by atoms with Crippen molar-refractivity contribution in [2.45, 2.75) is 19.0 Å². The molecule has 0 aliphatic carbocycles. The van der Waals surface area contributed by atoms with E-state index >= 15 is 0 Å². The van der Waals surface area contributed by atoms with E-state index in [0.29, 0.717) is 6.54 Å². The number of furan rings is 1. The van der Waals surface area contributed by atoms with Crippen molar-refractivity contribution >= 4 is 17.7 Å². The molecular weight excluding hydrogens is 226 g/mol. The molecule has 0 bridgehead atoms. The van der Waals surface area contributed by atoms with Gasteiger partial charge in [-0.05, 0) is 12.1 Å². The maximum Gasteiger partial charge on any atom is 0.304 e. The van der Waals surface area contributed by atoms with E-state index in [9.17, 15) is 4.79 Å². The number of aliphatic carboxylic acids is 1. The van der Waals surface area contributed by atoms with Gasteiger partial charge in [-0.2, -0.15) is 11.8 Å². The maximum absolute atomic E-state index is 10.8. The van der Waals surface area contributed by atoms with Crippen LogP contribution in [0, 0.1) is 0 Å². The van der Waals surface area contributed by atoms with Crippen LogP contribution in [0.5, 0.6) is 0 Å². The Kier molecular flexibility index (Phi) is 3.90. The Morgan fingerprint density at radius 1 is 1.69 bits per heavy atom. The van der Waals surface area contributed by atoms with Crippen LogP contribution in [0.25, 0.3) is 0 Å². The lowest BCUT2D eigenvalue weighted by Gasteiger charge is -2.33. The van der Waals surface area contributed by atoms with Gasteiger partial charge in [-0.1, -0.05) is 0 Å². The highest BCUT2D eigenvalue weighted by Crippen LogP contribution is 2.21. The predicted octanol–water partition coefficient (Wildman–Crippen LogP) is 1.67. The van der Waals surface area contributed by atoms with E-state index in [-0.39, 0.29) is 12.5 Å². The van der Waals surface area contributed by atoms with Crippen molar-refractivity contribution < 1.29 is 14.3 Å². The van der Waals surface area contributed by atoms with E-state index in [4.69, 9.17) is 9.52 Å². The number of carbonyl (C=O) groups is 1. The van der Waals surface area contributed by atoms with Crippen LogP contribution in [0.15, 0.2) is 22.8 Å². The van der Waals surface area contributed by atoms with E-state index in [1.54, 1.807) is 6.26 Å². The molecule has 0 radical (unpaired) electrons. The topological polar surface area (TPSA) is 53.7 Å². The molecule has 4 nitrogen and oxygen atoms in total. The van der Waals surface area contributed by atoms with Crippen molar-refractivity contribution in [3.63, 3.8) is 0 Å². The lowest BCUT2D eigenvalue weighted by atomic mass is 10.2. The summed E-state index contributed by atoms with van der Waals surface area (Å²) in [4.78, 5) is 13.0. The highest BCUT2D eigenvalue weighted by atomic mass is 32.2. The average molecular weight is 241 g/mol. The van der Waals surface area contributed by atoms with Crippen LogP contribution in [0.2, 0.25) is 0 Å². The van der Waals surface area contributed by atoms with Gasteiger partial charge in [-0.15, -0.1) is 0 Å². The van der Waals surface area contributed by atoms with Crippen LogP contribution in [-0.2, 0) is 11.3 Å². The molecule has 1 unspecified atom stereocenters. The van der Waals surface area contributed by atoms with E-state index in [1.165, 1.54) is 0 Å². The average Bonchev–Trinajstić information content (AvgIpc) is 2.73. The minimum atomic E-state index is -0.725. The monoisotopic (exact) mass is 241 g/mol. The number of carboxylic acids is 1. The summed E-state index contributed by atoms with van der Waals surface area (Å²) in [6, 6.07) is 3.92. The first-order valence-corrected chi connectivity index (χ1v) is 6.47. The highest BCUT2D eigenvalue weighted by molar-refractivity contribution is 7.99. The number of thioether (sulfide) groups is 1. The van der Waals surface area contributed by atoms with Crippen LogP contribution in [0.4, 0.5) is 0 Å². The summed E-state index contributed by atoms with van der Waals surface area (Å²) in [5.41, 5.74) is 0. The van der Waals surface area contributed by atoms with Gasteiger partial charge >= 0.3 is 5.97 Å². The fourth-order valence-electron chi connectivity index (χ4n) is 1.89. The Labute approximate surface area is 98.6 Å². The summed E-state index contributed by atoms with van der Waals surface area (Å²) in [7, 11) is 0. The van der Waals surface area contributed by atoms with Crippen LogP contribution in [0.3, 0.4) is 0 Å². The molecule has 1 aromatic rings. The SMILES string of the molecule is O=C(O)CC1CSCCN1Cc1ccco1. The molecule has 1 aliphatic heterocycles. The normalized spacial score (nSPS) is 22.1. The minimum absolute atomic E-state index is 0.126. The molecule has 16 heavy (non-hydrogen) atoms. The fourth-order valence-corrected chi connectivity index (χ4v) is 3.02. The van der Waals surface area contributed by atoms with Gasteiger partial charge in [0.1, 0.15) is 5.76 Å². The Balaban J connectivity index is 1.96. The van der Waals surface area contributed by atoms with Crippen molar-refractivity contribution in [3.05, 3.63) is 24.2 Å². The fraction of sp³-hybridized carbons (Fsp3) is 0.545. The van der Waals surface area contributed by atoms with Crippen LogP contribution in [0.1, 0.15) is 12.2 Å². The zero-order chi connectivity index (χ0) is 11.4. The summed E-state index contributed by atoms with van der Waals surface area (Å²) >= 11 is 1.83. The van der Waals surface area contributed by atoms with E-state index in [1.807, 2.05) is 23.9 Å². The second-order valence-corrected chi connectivity index (χ2v) is 5.03. The molecule has 1 saturated heterocycles. The molecule has 2 rings (SSSR count). The Morgan fingerprint density at radius 2 is 2.56 bits per heavy atom. The van der Waals surface area contributed by atoms with Crippen molar-refractivity contribution in [1.82, 2.24) is 4.90 Å². The molecule has 1 aliphatic rings. The number of carboxylic acid groups (broad SMARTS) is 1. The highest BCUT2D eigenvalue weighted by Gasteiger charge is 2.25. The van der Waals surface area contributed by atoms with Crippen LogP contribution in [-0.4, -0.2) is 40.1 Å². The van der Waals surface area contributed by atoms with Gasteiger partial charge in [-0.3, -0.25) is 9.69 Å². The molecule has 1 aromatic heterocycles. The van der Waals surface area contributed by atoms with Gasteiger partial charge in [-0.25, -0.2) is 0 Å². The first kappa shape index (κ1) is 11.5. The molecule has 0 amide bonds. The smallest absolute Gasteiger partial charge is 0.304 e. The van der Waals surface area contributed by atoms with Gasteiger partial charge < -0.3 is 9.52 Å². The van der Waals surface area contributed by atoms with Crippen molar-refractivity contribution in [2.75, 3.05) is 18.1 Å². The van der Waals surface area contributed by atoms with Crippen molar-refractivity contribution in [2.24, 2.45) is 0 Å². The van der Waals surface area contributed by atoms with E-state index in [0.717, 1.165) is 23.8 Å². The summed E-state index contributed by atoms with van der Waals surface area (Å²) in [6.45, 7) is 1.65. The minimum Gasteiger partial charge on any atom is -0.481 e. The van der Waals surface area contributed by atoms with E-state index in [2.05, 4.69) is 4.90 Å². The van der Waals surface area contributed by atoms with Crippen molar-refractivity contribution in [3.8, 4) is 0 Å².